The molecule has 1 amide bonds. The van der Waals surface area contributed by atoms with E-state index >= 15 is 0 Å². The molecule has 1 heterocycles. The second-order valence-electron chi connectivity index (χ2n) is 3.74. The lowest BCUT2D eigenvalue weighted by molar-refractivity contribution is 0.0950. The van der Waals surface area contributed by atoms with Gasteiger partial charge in [-0.1, -0.05) is 22.4 Å². The number of aromatic nitrogens is 1. The second kappa shape index (κ2) is 5.67. The molecule has 2 rings (SSSR count). The van der Waals surface area contributed by atoms with Gasteiger partial charge in [0.25, 0.3) is 5.91 Å². The van der Waals surface area contributed by atoms with E-state index in [2.05, 4.69) is 20.2 Å². The van der Waals surface area contributed by atoms with Crippen molar-refractivity contribution in [3.8, 4) is 0 Å². The minimum absolute atomic E-state index is 0.0499. The fraction of sp³-hybridized carbons (Fsp3) is 0.0833. The van der Waals surface area contributed by atoms with Gasteiger partial charge in [0.1, 0.15) is 12.0 Å². The minimum atomic E-state index is -0.282. The maximum Gasteiger partial charge on any atom is 0.251 e. The van der Waals surface area contributed by atoms with Crippen molar-refractivity contribution in [1.29, 1.82) is 0 Å². The summed E-state index contributed by atoms with van der Waals surface area (Å²) in [5.41, 5.74) is 6.97. The molecule has 7 nitrogen and oxygen atoms in total. The molecule has 0 saturated heterocycles. The molecule has 0 atom stereocenters. The minimum Gasteiger partial charge on any atom is -0.409 e. The second-order valence-corrected chi connectivity index (χ2v) is 3.74. The molecule has 0 bridgehead atoms. The first-order valence-corrected chi connectivity index (χ1v) is 5.46. The van der Waals surface area contributed by atoms with Gasteiger partial charge in [-0.15, -0.1) is 0 Å². The quantitative estimate of drug-likeness (QED) is 0.324. The fourth-order valence-electron chi connectivity index (χ4n) is 1.48. The number of carbonyl (C=O) groups is 1. The van der Waals surface area contributed by atoms with Crippen molar-refractivity contribution in [2.75, 3.05) is 0 Å². The van der Waals surface area contributed by atoms with Crippen molar-refractivity contribution in [2.45, 2.75) is 6.54 Å². The number of carbonyl (C=O) groups excluding carboxylic acids is 1. The number of amidine groups is 1. The topological polar surface area (TPSA) is 114 Å². The Morgan fingerprint density at radius 3 is 2.89 bits per heavy atom. The third-order valence-electron chi connectivity index (χ3n) is 2.45. The zero-order valence-electron chi connectivity index (χ0n) is 9.91. The number of hydrogen-bond donors (Lipinski definition) is 3. The lowest BCUT2D eigenvalue weighted by atomic mass is 10.1. The Morgan fingerprint density at radius 1 is 1.42 bits per heavy atom. The molecular formula is C12H12N4O3. The summed E-state index contributed by atoms with van der Waals surface area (Å²) in [6.07, 6.45) is 1.43. The van der Waals surface area contributed by atoms with Crippen LogP contribution in [0.4, 0.5) is 0 Å². The molecule has 0 saturated carbocycles. The zero-order valence-corrected chi connectivity index (χ0v) is 9.91. The maximum absolute atomic E-state index is 11.9. The smallest absolute Gasteiger partial charge is 0.251 e. The Labute approximate surface area is 108 Å². The standard InChI is InChI=1S/C12H12N4O3/c13-11(15-18)8-2-1-3-9(6-8)12(17)14-7-10-4-5-19-16-10/h1-6,18H,7H2,(H2,13,15)(H,14,17). The van der Waals surface area contributed by atoms with Crippen LogP contribution in [0.25, 0.3) is 0 Å². The summed E-state index contributed by atoms with van der Waals surface area (Å²) in [6, 6.07) is 8.12. The van der Waals surface area contributed by atoms with Crippen molar-refractivity contribution in [2.24, 2.45) is 10.9 Å². The molecule has 7 heteroatoms. The predicted molar refractivity (Wildman–Crippen MR) is 66.6 cm³/mol. The molecule has 1 aromatic heterocycles. The van der Waals surface area contributed by atoms with Gasteiger partial charge in [0.05, 0.1) is 6.54 Å². The summed E-state index contributed by atoms with van der Waals surface area (Å²) in [6.45, 7) is 0.267. The van der Waals surface area contributed by atoms with Crippen molar-refractivity contribution in [3.63, 3.8) is 0 Å². The highest BCUT2D eigenvalue weighted by Gasteiger charge is 2.08. The molecule has 0 aliphatic heterocycles. The SMILES string of the molecule is N/C(=N/O)c1cccc(C(=O)NCc2ccon2)c1. The van der Waals surface area contributed by atoms with Crippen molar-refractivity contribution in [3.05, 3.63) is 53.4 Å². The summed E-state index contributed by atoms with van der Waals surface area (Å²) in [5, 5.41) is 17.8. The van der Waals surface area contributed by atoms with Gasteiger partial charge in [-0.3, -0.25) is 4.79 Å². The lowest BCUT2D eigenvalue weighted by Gasteiger charge is -2.05. The largest absolute Gasteiger partial charge is 0.409 e. The Hall–Kier alpha value is -2.83. The molecule has 0 fully saturated rings. The van der Waals surface area contributed by atoms with Crippen LogP contribution in [0, 0.1) is 0 Å². The molecule has 1 aromatic carbocycles. The van der Waals surface area contributed by atoms with Crippen molar-refractivity contribution >= 4 is 11.7 Å². The van der Waals surface area contributed by atoms with Crippen molar-refractivity contribution < 1.29 is 14.5 Å². The Balaban J connectivity index is 2.07. The molecule has 0 spiro atoms. The van der Waals surface area contributed by atoms with Gasteiger partial charge in [-0.05, 0) is 12.1 Å². The third-order valence-corrected chi connectivity index (χ3v) is 2.45. The van der Waals surface area contributed by atoms with Crippen LogP contribution in [-0.4, -0.2) is 22.1 Å². The van der Waals surface area contributed by atoms with E-state index in [1.807, 2.05) is 0 Å². The first kappa shape index (κ1) is 12.6. The van der Waals surface area contributed by atoms with Crippen LogP contribution >= 0.6 is 0 Å². The third kappa shape index (κ3) is 3.09. The molecule has 0 unspecified atom stereocenters. The molecule has 2 aromatic rings. The Kier molecular flexibility index (Phi) is 3.77. The molecule has 0 radical (unpaired) electrons. The van der Waals surface area contributed by atoms with Crippen LogP contribution in [0.2, 0.25) is 0 Å². The van der Waals surface area contributed by atoms with Gasteiger partial charge in [-0.25, -0.2) is 0 Å². The highest BCUT2D eigenvalue weighted by molar-refractivity contribution is 6.01. The van der Waals surface area contributed by atoms with Crippen LogP contribution < -0.4 is 11.1 Å². The average molecular weight is 260 g/mol. The van der Waals surface area contributed by atoms with E-state index in [1.54, 1.807) is 24.3 Å². The first-order chi connectivity index (χ1) is 9.20. The Bertz CT molecular complexity index is 593. The number of benzene rings is 1. The van der Waals surface area contributed by atoms with E-state index in [-0.39, 0.29) is 18.3 Å². The van der Waals surface area contributed by atoms with Crippen molar-refractivity contribution in [1.82, 2.24) is 10.5 Å². The lowest BCUT2D eigenvalue weighted by Crippen LogP contribution is -2.23. The fourth-order valence-corrected chi connectivity index (χ4v) is 1.48. The summed E-state index contributed by atoms with van der Waals surface area (Å²) in [4.78, 5) is 11.9. The highest BCUT2D eigenvalue weighted by Crippen LogP contribution is 2.05. The predicted octanol–water partition coefficient (Wildman–Crippen LogP) is 0.699. The number of hydrogen-bond acceptors (Lipinski definition) is 5. The van der Waals surface area contributed by atoms with Crippen LogP contribution in [0.1, 0.15) is 21.6 Å². The molecule has 0 aliphatic carbocycles. The van der Waals surface area contributed by atoms with Gasteiger partial charge in [0, 0.05) is 17.2 Å². The van der Waals surface area contributed by atoms with E-state index in [0.717, 1.165) is 0 Å². The van der Waals surface area contributed by atoms with E-state index < -0.39 is 0 Å². The van der Waals surface area contributed by atoms with Gasteiger partial charge in [-0.2, -0.15) is 0 Å². The van der Waals surface area contributed by atoms with Crippen LogP contribution in [0.15, 0.2) is 46.3 Å². The summed E-state index contributed by atoms with van der Waals surface area (Å²) >= 11 is 0. The van der Waals surface area contributed by atoms with Gasteiger partial charge >= 0.3 is 0 Å². The van der Waals surface area contributed by atoms with E-state index in [9.17, 15) is 4.79 Å². The zero-order chi connectivity index (χ0) is 13.7. The number of nitrogens with one attached hydrogen (secondary N) is 1. The number of nitrogens with zero attached hydrogens (tertiary/aromatic N) is 2. The monoisotopic (exact) mass is 260 g/mol. The van der Waals surface area contributed by atoms with Crippen LogP contribution in [0.3, 0.4) is 0 Å². The summed E-state index contributed by atoms with van der Waals surface area (Å²) < 4.78 is 4.66. The Morgan fingerprint density at radius 2 is 2.21 bits per heavy atom. The normalized spacial score (nSPS) is 11.3. The van der Waals surface area contributed by atoms with Gasteiger partial charge in [0.15, 0.2) is 5.84 Å². The van der Waals surface area contributed by atoms with E-state index in [0.29, 0.717) is 16.8 Å². The number of nitrogens with two attached hydrogens (primary N) is 1. The molecule has 0 aliphatic rings. The van der Waals surface area contributed by atoms with E-state index in [1.165, 1.54) is 12.3 Å². The summed E-state index contributed by atoms with van der Waals surface area (Å²) in [5.74, 6) is -0.332. The maximum atomic E-state index is 11.9. The number of amides is 1. The average Bonchev–Trinajstić information content (AvgIpc) is 2.97. The van der Waals surface area contributed by atoms with Crippen LogP contribution in [-0.2, 0) is 6.54 Å². The number of rotatable bonds is 4. The number of oxime groups is 1. The van der Waals surface area contributed by atoms with Crippen LogP contribution in [0.5, 0.6) is 0 Å². The molecule has 19 heavy (non-hydrogen) atoms. The molecule has 98 valence electrons. The summed E-state index contributed by atoms with van der Waals surface area (Å²) in [7, 11) is 0. The first-order valence-electron chi connectivity index (χ1n) is 5.46. The van der Waals surface area contributed by atoms with Gasteiger partial charge in [0.2, 0.25) is 0 Å². The molecule has 4 N–H and O–H groups in total. The molecular weight excluding hydrogens is 248 g/mol. The highest BCUT2D eigenvalue weighted by atomic mass is 16.5. The van der Waals surface area contributed by atoms with E-state index in [4.69, 9.17) is 10.9 Å². The van der Waals surface area contributed by atoms with Gasteiger partial charge < -0.3 is 20.8 Å².